The van der Waals surface area contributed by atoms with E-state index in [4.69, 9.17) is 4.74 Å². The van der Waals surface area contributed by atoms with E-state index in [1.807, 2.05) is 31.2 Å². The highest BCUT2D eigenvalue weighted by atomic mass is 32.2. The van der Waals surface area contributed by atoms with Crippen molar-refractivity contribution in [2.24, 2.45) is 5.92 Å². The van der Waals surface area contributed by atoms with Crippen molar-refractivity contribution in [2.75, 3.05) is 19.7 Å². The van der Waals surface area contributed by atoms with E-state index in [-0.39, 0.29) is 17.9 Å². The minimum atomic E-state index is -3.36. The number of aryl methyl sites for hydroxylation is 1. The summed E-state index contributed by atoms with van der Waals surface area (Å²) < 4.78 is 33.9. The maximum absolute atomic E-state index is 12.6. The van der Waals surface area contributed by atoms with Crippen LogP contribution in [0, 0.1) is 12.8 Å². The number of piperidine rings is 1. The van der Waals surface area contributed by atoms with Gasteiger partial charge in [0, 0.05) is 6.61 Å². The van der Waals surface area contributed by atoms with Gasteiger partial charge in [-0.3, -0.25) is 0 Å². The van der Waals surface area contributed by atoms with Gasteiger partial charge in [-0.25, -0.2) is 13.1 Å². The molecule has 1 aromatic rings. The van der Waals surface area contributed by atoms with Gasteiger partial charge in [0.05, 0.1) is 17.9 Å². The van der Waals surface area contributed by atoms with E-state index in [1.54, 1.807) is 0 Å². The molecule has 0 bridgehead atoms. The minimum Gasteiger partial charge on any atom is -0.376 e. The summed E-state index contributed by atoms with van der Waals surface area (Å²) in [6.45, 7) is 4.58. The van der Waals surface area contributed by atoms with Gasteiger partial charge in [0.25, 0.3) is 0 Å². The van der Waals surface area contributed by atoms with Crippen LogP contribution >= 0.6 is 0 Å². The molecule has 0 radical (unpaired) electrons. The van der Waals surface area contributed by atoms with Crippen LogP contribution in [0.15, 0.2) is 24.3 Å². The molecule has 2 atom stereocenters. The van der Waals surface area contributed by atoms with Crippen LogP contribution in [-0.4, -0.2) is 40.3 Å². The summed E-state index contributed by atoms with van der Waals surface area (Å²) in [4.78, 5) is 0. The molecular formula is C17H26N2O3S. The van der Waals surface area contributed by atoms with Gasteiger partial charge in [0.1, 0.15) is 0 Å². The van der Waals surface area contributed by atoms with Gasteiger partial charge in [-0.1, -0.05) is 24.3 Å². The Labute approximate surface area is 138 Å². The molecule has 0 spiro atoms. The van der Waals surface area contributed by atoms with Crippen LogP contribution in [0.4, 0.5) is 0 Å². The molecule has 2 fully saturated rings. The summed E-state index contributed by atoms with van der Waals surface area (Å²) in [5.41, 5.74) is 1.87. The maximum Gasteiger partial charge on any atom is 0.216 e. The summed E-state index contributed by atoms with van der Waals surface area (Å²) in [5, 5.41) is 3.35. The van der Waals surface area contributed by atoms with Crippen LogP contribution in [0.2, 0.25) is 0 Å². The second-order valence-electron chi connectivity index (χ2n) is 6.62. The first-order chi connectivity index (χ1) is 11.1. The SMILES string of the molecule is Cc1ccccc1CS(=O)(=O)N[C@@H]1CCO[C@H]1C1CCNCC1. The van der Waals surface area contributed by atoms with Crippen LogP contribution in [0.1, 0.15) is 30.4 Å². The molecule has 0 saturated carbocycles. The molecule has 0 aliphatic carbocycles. The number of hydrogen-bond acceptors (Lipinski definition) is 4. The maximum atomic E-state index is 12.6. The largest absolute Gasteiger partial charge is 0.376 e. The Morgan fingerprint density at radius 1 is 1.22 bits per heavy atom. The van der Waals surface area contributed by atoms with E-state index < -0.39 is 10.0 Å². The lowest BCUT2D eigenvalue weighted by molar-refractivity contribution is 0.0414. The smallest absolute Gasteiger partial charge is 0.216 e. The zero-order chi connectivity index (χ0) is 16.3. The van der Waals surface area contributed by atoms with Crippen LogP contribution in [0.5, 0.6) is 0 Å². The minimum absolute atomic E-state index is 0.0174. The molecular weight excluding hydrogens is 312 g/mol. The molecule has 0 aromatic heterocycles. The average Bonchev–Trinajstić information content (AvgIpc) is 2.97. The molecule has 128 valence electrons. The molecule has 0 amide bonds. The molecule has 0 unspecified atom stereocenters. The first-order valence-corrected chi connectivity index (χ1v) is 10.1. The number of ether oxygens (including phenoxy) is 1. The predicted octanol–water partition coefficient (Wildman–Crippen LogP) is 1.57. The number of benzene rings is 1. The van der Waals surface area contributed by atoms with E-state index >= 15 is 0 Å². The second-order valence-corrected chi connectivity index (χ2v) is 8.38. The number of hydrogen-bond donors (Lipinski definition) is 2. The van der Waals surface area contributed by atoms with Crippen LogP contribution in [0.25, 0.3) is 0 Å². The lowest BCUT2D eigenvalue weighted by Gasteiger charge is -2.31. The Kier molecular flexibility index (Phi) is 5.36. The van der Waals surface area contributed by atoms with Gasteiger partial charge < -0.3 is 10.1 Å². The molecule has 6 heteroatoms. The average molecular weight is 338 g/mol. The third-order valence-electron chi connectivity index (χ3n) is 4.92. The summed E-state index contributed by atoms with van der Waals surface area (Å²) >= 11 is 0. The van der Waals surface area contributed by atoms with Crippen LogP contribution in [0.3, 0.4) is 0 Å². The van der Waals surface area contributed by atoms with E-state index in [0.29, 0.717) is 12.5 Å². The predicted molar refractivity (Wildman–Crippen MR) is 90.7 cm³/mol. The van der Waals surface area contributed by atoms with E-state index in [0.717, 1.165) is 43.5 Å². The fraction of sp³-hybridized carbons (Fsp3) is 0.647. The normalized spacial score (nSPS) is 26.5. The summed E-state index contributed by atoms with van der Waals surface area (Å²) in [7, 11) is -3.36. The molecule has 2 N–H and O–H groups in total. The van der Waals surface area contributed by atoms with E-state index in [2.05, 4.69) is 10.0 Å². The topological polar surface area (TPSA) is 67.4 Å². The van der Waals surface area contributed by atoms with E-state index in [1.165, 1.54) is 0 Å². The molecule has 2 heterocycles. The summed E-state index contributed by atoms with van der Waals surface area (Å²) in [6, 6.07) is 7.54. The Hall–Kier alpha value is -0.950. The van der Waals surface area contributed by atoms with Crippen molar-refractivity contribution in [1.29, 1.82) is 0 Å². The van der Waals surface area contributed by atoms with Crippen molar-refractivity contribution in [1.82, 2.24) is 10.0 Å². The lowest BCUT2D eigenvalue weighted by atomic mass is 9.88. The van der Waals surface area contributed by atoms with Gasteiger partial charge in [-0.2, -0.15) is 0 Å². The highest BCUT2D eigenvalue weighted by Gasteiger charge is 2.37. The Morgan fingerprint density at radius 2 is 1.96 bits per heavy atom. The van der Waals surface area contributed by atoms with Crippen molar-refractivity contribution in [3.63, 3.8) is 0 Å². The third-order valence-corrected chi connectivity index (χ3v) is 6.27. The van der Waals surface area contributed by atoms with Gasteiger partial charge in [0.15, 0.2) is 0 Å². The first-order valence-electron chi connectivity index (χ1n) is 8.42. The number of sulfonamides is 1. The fourth-order valence-corrected chi connectivity index (χ4v) is 5.15. The Bertz CT molecular complexity index is 626. The highest BCUT2D eigenvalue weighted by molar-refractivity contribution is 7.88. The Morgan fingerprint density at radius 3 is 2.70 bits per heavy atom. The van der Waals surface area contributed by atoms with Crippen molar-refractivity contribution < 1.29 is 13.2 Å². The molecule has 5 nitrogen and oxygen atoms in total. The van der Waals surface area contributed by atoms with Gasteiger partial charge in [-0.05, 0) is 56.3 Å². The highest BCUT2D eigenvalue weighted by Crippen LogP contribution is 2.28. The quantitative estimate of drug-likeness (QED) is 0.855. The van der Waals surface area contributed by atoms with Crippen LogP contribution in [-0.2, 0) is 20.5 Å². The summed E-state index contributed by atoms with van der Waals surface area (Å²) in [5.74, 6) is 0.486. The monoisotopic (exact) mass is 338 g/mol. The zero-order valence-corrected chi connectivity index (χ0v) is 14.4. The van der Waals surface area contributed by atoms with Gasteiger partial charge >= 0.3 is 0 Å². The van der Waals surface area contributed by atoms with E-state index in [9.17, 15) is 8.42 Å². The molecule has 2 aliphatic rings. The molecule has 1 aromatic carbocycles. The molecule has 3 rings (SSSR count). The summed E-state index contributed by atoms with van der Waals surface area (Å²) in [6.07, 6.45) is 2.90. The van der Waals surface area contributed by atoms with Gasteiger partial charge in [0.2, 0.25) is 10.0 Å². The number of rotatable bonds is 5. The standard InChI is InChI=1S/C17H26N2O3S/c1-13-4-2-3-5-15(13)12-23(20,21)19-16-8-11-22-17(16)14-6-9-18-10-7-14/h2-5,14,16-19H,6-12H2,1H3/t16-,17+/m1/s1. The van der Waals surface area contributed by atoms with Crippen LogP contribution < -0.4 is 10.0 Å². The number of nitrogens with one attached hydrogen (secondary N) is 2. The molecule has 2 aliphatic heterocycles. The van der Waals surface area contributed by atoms with Gasteiger partial charge in [-0.15, -0.1) is 0 Å². The van der Waals surface area contributed by atoms with Crippen molar-refractivity contribution in [2.45, 2.75) is 44.1 Å². The first kappa shape index (κ1) is 16.9. The van der Waals surface area contributed by atoms with Crippen molar-refractivity contribution in [3.8, 4) is 0 Å². The second kappa shape index (κ2) is 7.30. The zero-order valence-electron chi connectivity index (χ0n) is 13.6. The molecule has 2 saturated heterocycles. The van der Waals surface area contributed by atoms with Crippen molar-refractivity contribution in [3.05, 3.63) is 35.4 Å². The lowest BCUT2D eigenvalue weighted by Crippen LogP contribution is -2.46. The fourth-order valence-electron chi connectivity index (χ4n) is 3.62. The third kappa shape index (κ3) is 4.32. The Balaban J connectivity index is 1.65. The van der Waals surface area contributed by atoms with Crippen molar-refractivity contribution >= 4 is 10.0 Å². The molecule has 23 heavy (non-hydrogen) atoms.